The number of methoxy groups -OCH3 is 1. The lowest BCUT2D eigenvalue weighted by atomic mass is 9.88. The number of amides is 4. The van der Waals surface area contributed by atoms with Gasteiger partial charge in [0.05, 0.1) is 5.56 Å². The minimum Gasteiger partial charge on any atom is -0.385 e. The lowest BCUT2D eigenvalue weighted by Gasteiger charge is -2.37. The Morgan fingerprint density at radius 2 is 1.84 bits per heavy atom. The topological polar surface area (TPSA) is 99.8 Å². The summed E-state index contributed by atoms with van der Waals surface area (Å²) in [6, 6.07) is 4.71. The monoisotopic (exact) mass is 450 g/mol. The van der Waals surface area contributed by atoms with Crippen LogP contribution in [0, 0.1) is 11.7 Å². The standard InChI is InChI=1S/C23H35FN4O4/c1-23(2,3)27-22(31)28-13-10-16(11-14-28)19(21(30)25-12-7-15-32-4)26-20(29)17-8-5-6-9-18(17)24/h5-6,8-9,16,19H,7,10-15H2,1-4H3,(H,25,30)(H,26,29)(H,27,31). The van der Waals surface area contributed by atoms with Gasteiger partial charge in [-0.1, -0.05) is 12.1 Å². The van der Waals surface area contributed by atoms with Gasteiger partial charge < -0.3 is 25.6 Å². The summed E-state index contributed by atoms with van der Waals surface area (Å²) in [6.45, 7) is 7.60. The van der Waals surface area contributed by atoms with Crippen molar-refractivity contribution in [3.63, 3.8) is 0 Å². The SMILES string of the molecule is COCCCNC(=O)C(NC(=O)c1ccccc1F)C1CCN(C(=O)NC(C)(C)C)CC1. The largest absolute Gasteiger partial charge is 0.385 e. The third-order valence-corrected chi connectivity index (χ3v) is 5.29. The number of piperidine rings is 1. The van der Waals surface area contributed by atoms with Gasteiger partial charge in [-0.2, -0.15) is 0 Å². The summed E-state index contributed by atoms with van der Waals surface area (Å²) < 4.78 is 19.1. The van der Waals surface area contributed by atoms with Crippen molar-refractivity contribution < 1.29 is 23.5 Å². The summed E-state index contributed by atoms with van der Waals surface area (Å²) in [5.74, 6) is -1.76. The summed E-state index contributed by atoms with van der Waals surface area (Å²) in [6.07, 6.45) is 1.73. The van der Waals surface area contributed by atoms with Crippen molar-refractivity contribution in [3.8, 4) is 0 Å². The number of hydrogen-bond donors (Lipinski definition) is 3. The first kappa shape index (κ1) is 25.6. The van der Waals surface area contributed by atoms with Crippen molar-refractivity contribution in [1.82, 2.24) is 20.9 Å². The van der Waals surface area contributed by atoms with Crippen LogP contribution in [0.15, 0.2) is 24.3 Å². The van der Waals surface area contributed by atoms with E-state index in [9.17, 15) is 18.8 Å². The van der Waals surface area contributed by atoms with Crippen LogP contribution in [0.1, 0.15) is 50.4 Å². The normalized spacial score (nSPS) is 15.7. The molecule has 32 heavy (non-hydrogen) atoms. The van der Waals surface area contributed by atoms with Crippen molar-refractivity contribution in [2.75, 3.05) is 33.4 Å². The van der Waals surface area contributed by atoms with Gasteiger partial charge in [0.15, 0.2) is 0 Å². The van der Waals surface area contributed by atoms with E-state index in [1.807, 2.05) is 20.8 Å². The van der Waals surface area contributed by atoms with Crippen LogP contribution in [-0.2, 0) is 9.53 Å². The molecule has 0 radical (unpaired) electrons. The summed E-state index contributed by atoms with van der Waals surface area (Å²) in [7, 11) is 1.59. The van der Waals surface area contributed by atoms with Crippen molar-refractivity contribution in [2.45, 2.75) is 51.6 Å². The van der Waals surface area contributed by atoms with Gasteiger partial charge in [0, 0.05) is 38.9 Å². The smallest absolute Gasteiger partial charge is 0.317 e. The van der Waals surface area contributed by atoms with Crippen molar-refractivity contribution in [2.24, 2.45) is 5.92 Å². The third kappa shape index (κ3) is 7.78. The van der Waals surface area contributed by atoms with E-state index in [-0.39, 0.29) is 29.0 Å². The second-order valence-electron chi connectivity index (χ2n) is 9.07. The molecule has 4 amide bonds. The number of urea groups is 1. The van der Waals surface area contributed by atoms with Crippen LogP contribution in [0.25, 0.3) is 0 Å². The lowest BCUT2D eigenvalue weighted by molar-refractivity contribution is -0.124. The second kappa shape index (κ2) is 11.8. The summed E-state index contributed by atoms with van der Waals surface area (Å²) in [5.41, 5.74) is -0.446. The maximum absolute atomic E-state index is 14.1. The van der Waals surface area contributed by atoms with E-state index >= 15 is 0 Å². The van der Waals surface area contributed by atoms with Crippen LogP contribution in [0.2, 0.25) is 0 Å². The van der Waals surface area contributed by atoms with Gasteiger partial charge in [-0.25, -0.2) is 9.18 Å². The maximum Gasteiger partial charge on any atom is 0.317 e. The van der Waals surface area contributed by atoms with E-state index in [0.29, 0.717) is 45.5 Å². The average Bonchev–Trinajstić information content (AvgIpc) is 2.74. The molecule has 3 N–H and O–H groups in total. The van der Waals surface area contributed by atoms with Crippen LogP contribution < -0.4 is 16.0 Å². The zero-order chi connectivity index (χ0) is 23.7. The van der Waals surface area contributed by atoms with E-state index in [1.54, 1.807) is 18.1 Å². The molecule has 1 unspecified atom stereocenters. The van der Waals surface area contributed by atoms with E-state index in [1.165, 1.54) is 18.2 Å². The Morgan fingerprint density at radius 3 is 2.44 bits per heavy atom. The molecule has 0 spiro atoms. The molecule has 178 valence electrons. The number of hydrogen-bond acceptors (Lipinski definition) is 4. The number of ether oxygens (including phenoxy) is 1. The van der Waals surface area contributed by atoms with Crippen LogP contribution in [0.4, 0.5) is 9.18 Å². The number of carbonyl (C=O) groups is 3. The van der Waals surface area contributed by atoms with E-state index < -0.39 is 17.8 Å². The number of likely N-dealkylation sites (tertiary alicyclic amines) is 1. The molecular formula is C23H35FN4O4. The molecule has 9 heteroatoms. The maximum atomic E-state index is 14.1. The van der Waals surface area contributed by atoms with E-state index in [2.05, 4.69) is 16.0 Å². The Kier molecular flexibility index (Phi) is 9.43. The number of nitrogens with zero attached hydrogens (tertiary/aromatic N) is 1. The van der Waals surface area contributed by atoms with Gasteiger partial charge in [-0.15, -0.1) is 0 Å². The predicted molar refractivity (Wildman–Crippen MR) is 120 cm³/mol. The Hall–Kier alpha value is -2.68. The number of rotatable bonds is 8. The first-order chi connectivity index (χ1) is 15.1. The van der Waals surface area contributed by atoms with Gasteiger partial charge in [0.25, 0.3) is 5.91 Å². The number of nitrogens with one attached hydrogen (secondary N) is 3. The highest BCUT2D eigenvalue weighted by atomic mass is 19.1. The quantitative estimate of drug-likeness (QED) is 0.529. The van der Waals surface area contributed by atoms with Crippen LogP contribution in [0.3, 0.4) is 0 Å². The van der Waals surface area contributed by atoms with Gasteiger partial charge in [0.1, 0.15) is 11.9 Å². The molecule has 1 aromatic rings. The number of benzene rings is 1. The van der Waals surface area contributed by atoms with Crippen LogP contribution in [0.5, 0.6) is 0 Å². The van der Waals surface area contributed by atoms with Crippen LogP contribution in [-0.4, -0.2) is 67.7 Å². The molecule has 1 atom stereocenters. The molecule has 1 saturated heterocycles. The van der Waals surface area contributed by atoms with Crippen molar-refractivity contribution in [1.29, 1.82) is 0 Å². The molecule has 0 saturated carbocycles. The summed E-state index contributed by atoms with van der Waals surface area (Å²) >= 11 is 0. The van der Waals surface area contributed by atoms with Crippen molar-refractivity contribution >= 4 is 17.8 Å². The highest BCUT2D eigenvalue weighted by molar-refractivity contribution is 5.97. The Labute approximate surface area is 189 Å². The lowest BCUT2D eigenvalue weighted by Crippen LogP contribution is -2.56. The molecule has 0 aromatic heterocycles. The molecule has 8 nitrogen and oxygen atoms in total. The molecule has 1 aromatic carbocycles. The average molecular weight is 451 g/mol. The molecule has 1 aliphatic rings. The fourth-order valence-corrected chi connectivity index (χ4v) is 3.64. The zero-order valence-electron chi connectivity index (χ0n) is 19.4. The molecular weight excluding hydrogens is 415 g/mol. The predicted octanol–water partition coefficient (Wildman–Crippen LogP) is 2.30. The molecule has 1 heterocycles. The Bertz CT molecular complexity index is 788. The van der Waals surface area contributed by atoms with Gasteiger partial charge in [0.2, 0.25) is 5.91 Å². The van der Waals surface area contributed by atoms with Gasteiger partial charge in [-0.3, -0.25) is 9.59 Å². The van der Waals surface area contributed by atoms with Crippen molar-refractivity contribution in [3.05, 3.63) is 35.6 Å². The van der Waals surface area contributed by atoms with E-state index in [4.69, 9.17) is 4.74 Å². The Balaban J connectivity index is 2.06. The van der Waals surface area contributed by atoms with Crippen LogP contribution >= 0.6 is 0 Å². The minimum absolute atomic E-state index is 0.105. The number of halogens is 1. The van der Waals surface area contributed by atoms with Gasteiger partial charge in [-0.05, 0) is 58.1 Å². The molecule has 1 fully saturated rings. The Morgan fingerprint density at radius 1 is 1.19 bits per heavy atom. The summed E-state index contributed by atoms with van der Waals surface area (Å²) in [5, 5.41) is 8.50. The summed E-state index contributed by atoms with van der Waals surface area (Å²) in [4.78, 5) is 39.8. The number of carbonyl (C=O) groups excluding carboxylic acids is 3. The second-order valence-corrected chi connectivity index (χ2v) is 9.07. The third-order valence-electron chi connectivity index (χ3n) is 5.29. The molecule has 0 bridgehead atoms. The molecule has 1 aliphatic heterocycles. The highest BCUT2D eigenvalue weighted by Gasteiger charge is 2.34. The first-order valence-corrected chi connectivity index (χ1v) is 11.0. The molecule has 2 rings (SSSR count). The minimum atomic E-state index is -0.822. The van der Waals surface area contributed by atoms with Gasteiger partial charge >= 0.3 is 6.03 Å². The zero-order valence-corrected chi connectivity index (χ0v) is 19.4. The first-order valence-electron chi connectivity index (χ1n) is 11.0. The fraction of sp³-hybridized carbons (Fsp3) is 0.609. The molecule has 0 aliphatic carbocycles. The fourth-order valence-electron chi connectivity index (χ4n) is 3.64. The van der Waals surface area contributed by atoms with E-state index in [0.717, 1.165) is 0 Å². The highest BCUT2D eigenvalue weighted by Crippen LogP contribution is 2.22.